The second-order valence-corrected chi connectivity index (χ2v) is 8.71. The summed E-state index contributed by atoms with van der Waals surface area (Å²) in [5.74, 6) is 1.26. The topological polar surface area (TPSA) is 95.5 Å². The average molecular weight is 434 g/mol. The van der Waals surface area contributed by atoms with E-state index in [0.717, 1.165) is 17.7 Å². The Hall–Kier alpha value is -2.97. The molecule has 0 spiro atoms. The Bertz CT molecular complexity index is 771. The van der Waals surface area contributed by atoms with Crippen LogP contribution in [-0.4, -0.2) is 80.2 Å². The Morgan fingerprint density at radius 1 is 1.23 bits per heavy atom. The summed E-state index contributed by atoms with van der Waals surface area (Å²) < 4.78 is 10.6. The van der Waals surface area contributed by atoms with E-state index < -0.39 is 5.60 Å². The summed E-state index contributed by atoms with van der Waals surface area (Å²) in [5, 5.41) is 6.44. The maximum Gasteiger partial charge on any atom is 0.410 e. The zero-order valence-electron chi connectivity index (χ0n) is 19.4. The van der Waals surface area contributed by atoms with Gasteiger partial charge in [-0.25, -0.2) is 9.79 Å². The number of hydrogen-bond donors (Lipinski definition) is 2. The van der Waals surface area contributed by atoms with Crippen molar-refractivity contribution in [3.05, 3.63) is 29.8 Å². The van der Waals surface area contributed by atoms with Crippen LogP contribution >= 0.6 is 0 Å². The van der Waals surface area contributed by atoms with Gasteiger partial charge in [0.25, 0.3) is 0 Å². The number of benzene rings is 1. The summed E-state index contributed by atoms with van der Waals surface area (Å²) in [5.41, 5.74) is 0.490. The van der Waals surface area contributed by atoms with Crippen molar-refractivity contribution in [3.63, 3.8) is 0 Å². The summed E-state index contributed by atoms with van der Waals surface area (Å²) in [7, 11) is 5.05. The third-order valence-electron chi connectivity index (χ3n) is 4.67. The van der Waals surface area contributed by atoms with Crippen molar-refractivity contribution in [2.24, 2.45) is 4.99 Å². The number of amides is 2. The highest BCUT2D eigenvalue weighted by molar-refractivity contribution is 5.86. The number of aliphatic imine (C=N–C) groups is 1. The summed E-state index contributed by atoms with van der Waals surface area (Å²) in [6, 6.07) is 7.69. The number of likely N-dealkylation sites (N-methyl/N-ethyl adjacent to an activating group) is 1. The van der Waals surface area contributed by atoms with E-state index in [1.54, 1.807) is 26.1 Å². The molecule has 2 amide bonds. The number of guanidine groups is 1. The van der Waals surface area contributed by atoms with Crippen LogP contribution in [0.5, 0.6) is 5.75 Å². The van der Waals surface area contributed by atoms with Gasteiger partial charge in [0.05, 0.1) is 20.2 Å². The van der Waals surface area contributed by atoms with Crippen LogP contribution in [0.4, 0.5) is 4.79 Å². The molecule has 0 aliphatic carbocycles. The number of likely N-dealkylation sites (tertiary alicyclic amines) is 1. The van der Waals surface area contributed by atoms with Gasteiger partial charge in [-0.15, -0.1) is 0 Å². The molecule has 1 fully saturated rings. The van der Waals surface area contributed by atoms with Gasteiger partial charge < -0.3 is 29.9 Å². The van der Waals surface area contributed by atoms with Gasteiger partial charge in [0, 0.05) is 33.2 Å². The molecule has 1 aliphatic heterocycles. The molecule has 9 heteroatoms. The fourth-order valence-corrected chi connectivity index (χ4v) is 2.94. The predicted molar refractivity (Wildman–Crippen MR) is 120 cm³/mol. The first kappa shape index (κ1) is 24.3. The van der Waals surface area contributed by atoms with Crippen LogP contribution in [0.15, 0.2) is 29.3 Å². The zero-order valence-corrected chi connectivity index (χ0v) is 19.4. The molecule has 0 bridgehead atoms. The number of rotatable bonds is 6. The second-order valence-electron chi connectivity index (χ2n) is 8.71. The third-order valence-corrected chi connectivity index (χ3v) is 4.67. The quantitative estimate of drug-likeness (QED) is 0.525. The highest BCUT2D eigenvalue weighted by atomic mass is 16.6. The minimum absolute atomic E-state index is 0.0177. The molecule has 1 unspecified atom stereocenters. The Balaban J connectivity index is 2.00. The first-order chi connectivity index (χ1) is 14.6. The fourth-order valence-electron chi connectivity index (χ4n) is 2.94. The highest BCUT2D eigenvalue weighted by Crippen LogP contribution is 2.15. The van der Waals surface area contributed by atoms with Crippen molar-refractivity contribution in [2.45, 2.75) is 45.4 Å². The van der Waals surface area contributed by atoms with E-state index in [1.807, 2.05) is 45.0 Å². The van der Waals surface area contributed by atoms with Gasteiger partial charge in [0.15, 0.2) is 5.96 Å². The van der Waals surface area contributed by atoms with Crippen LogP contribution in [0.2, 0.25) is 0 Å². The van der Waals surface area contributed by atoms with E-state index in [0.29, 0.717) is 25.6 Å². The van der Waals surface area contributed by atoms with Gasteiger partial charge in [-0.05, 0) is 44.9 Å². The van der Waals surface area contributed by atoms with E-state index in [2.05, 4.69) is 15.6 Å². The first-order valence-electron chi connectivity index (χ1n) is 10.4. The normalized spacial score (nSPS) is 16.6. The van der Waals surface area contributed by atoms with Gasteiger partial charge >= 0.3 is 6.09 Å². The van der Waals surface area contributed by atoms with Crippen LogP contribution in [0, 0.1) is 0 Å². The zero-order chi connectivity index (χ0) is 23.0. The molecule has 2 rings (SSSR count). The van der Waals surface area contributed by atoms with Crippen molar-refractivity contribution < 1.29 is 19.1 Å². The molecule has 1 aliphatic rings. The number of methoxy groups -OCH3 is 1. The second kappa shape index (κ2) is 10.9. The van der Waals surface area contributed by atoms with Crippen molar-refractivity contribution in [3.8, 4) is 5.75 Å². The molecule has 0 radical (unpaired) electrons. The molecule has 31 heavy (non-hydrogen) atoms. The maximum absolute atomic E-state index is 12.3. The number of nitrogens with zero attached hydrogens (tertiary/aromatic N) is 3. The first-order valence-corrected chi connectivity index (χ1v) is 10.4. The van der Waals surface area contributed by atoms with Crippen LogP contribution < -0.4 is 15.4 Å². The van der Waals surface area contributed by atoms with Gasteiger partial charge in [0.2, 0.25) is 5.91 Å². The Morgan fingerprint density at radius 3 is 2.48 bits per heavy atom. The molecule has 0 saturated carbocycles. The van der Waals surface area contributed by atoms with Crippen LogP contribution in [-0.2, 0) is 16.1 Å². The van der Waals surface area contributed by atoms with Crippen molar-refractivity contribution >= 4 is 18.0 Å². The molecule has 2 N–H and O–H groups in total. The number of ether oxygens (including phenoxy) is 2. The Kier molecular flexibility index (Phi) is 8.53. The lowest BCUT2D eigenvalue weighted by atomic mass is 10.2. The van der Waals surface area contributed by atoms with Crippen LogP contribution in [0.1, 0.15) is 32.8 Å². The number of carbonyl (C=O) groups is 2. The van der Waals surface area contributed by atoms with Gasteiger partial charge in [-0.3, -0.25) is 4.79 Å². The summed E-state index contributed by atoms with van der Waals surface area (Å²) in [4.78, 5) is 32.1. The smallest absolute Gasteiger partial charge is 0.410 e. The van der Waals surface area contributed by atoms with E-state index in [4.69, 9.17) is 9.47 Å². The molecular formula is C22H35N5O4. The van der Waals surface area contributed by atoms with Gasteiger partial charge in [0.1, 0.15) is 11.4 Å². The highest BCUT2D eigenvalue weighted by Gasteiger charge is 2.30. The van der Waals surface area contributed by atoms with Gasteiger partial charge in [-0.1, -0.05) is 12.1 Å². The standard InChI is InChI=1S/C22H35N5O4/c1-22(2,3)31-21(29)27-12-11-17(15-27)25-20(24-14-19(28)26(4)5)23-13-16-7-9-18(30-6)10-8-16/h7-10,17H,11-15H2,1-6H3,(H2,23,24,25). The third kappa shape index (κ3) is 8.35. The lowest BCUT2D eigenvalue weighted by Crippen LogP contribution is -2.48. The van der Waals surface area contributed by atoms with Crippen molar-refractivity contribution in [2.75, 3.05) is 40.8 Å². The summed E-state index contributed by atoms with van der Waals surface area (Å²) in [6.45, 7) is 7.25. The fraction of sp³-hybridized carbons (Fsp3) is 0.591. The molecule has 1 heterocycles. The molecular weight excluding hydrogens is 398 g/mol. The molecule has 1 aromatic carbocycles. The minimum atomic E-state index is -0.526. The van der Waals surface area contributed by atoms with Crippen LogP contribution in [0.3, 0.4) is 0 Å². The van der Waals surface area contributed by atoms with E-state index in [-0.39, 0.29) is 24.6 Å². The molecule has 1 atom stereocenters. The monoisotopic (exact) mass is 433 g/mol. The molecule has 1 aromatic rings. The summed E-state index contributed by atoms with van der Waals surface area (Å²) in [6.07, 6.45) is 0.452. The average Bonchev–Trinajstić information content (AvgIpc) is 3.17. The number of nitrogens with one attached hydrogen (secondary N) is 2. The lowest BCUT2D eigenvalue weighted by molar-refractivity contribution is -0.127. The Morgan fingerprint density at radius 2 is 1.90 bits per heavy atom. The SMILES string of the molecule is COc1ccc(CN=C(NCC(=O)N(C)C)NC2CCN(C(=O)OC(C)(C)C)C2)cc1. The lowest BCUT2D eigenvalue weighted by Gasteiger charge is -2.24. The number of carbonyl (C=O) groups excluding carboxylic acids is 2. The summed E-state index contributed by atoms with van der Waals surface area (Å²) >= 11 is 0. The van der Waals surface area contributed by atoms with E-state index in [1.165, 1.54) is 4.90 Å². The van der Waals surface area contributed by atoms with Crippen LogP contribution in [0.25, 0.3) is 0 Å². The molecule has 1 saturated heterocycles. The van der Waals surface area contributed by atoms with E-state index >= 15 is 0 Å². The van der Waals surface area contributed by atoms with E-state index in [9.17, 15) is 9.59 Å². The molecule has 9 nitrogen and oxygen atoms in total. The van der Waals surface area contributed by atoms with Gasteiger partial charge in [-0.2, -0.15) is 0 Å². The maximum atomic E-state index is 12.3. The van der Waals surface area contributed by atoms with Crippen molar-refractivity contribution in [1.29, 1.82) is 0 Å². The predicted octanol–water partition coefficient (Wildman–Crippen LogP) is 1.83. The minimum Gasteiger partial charge on any atom is -0.497 e. The Labute approximate surface area is 184 Å². The largest absolute Gasteiger partial charge is 0.497 e. The molecule has 172 valence electrons. The number of hydrogen-bond acceptors (Lipinski definition) is 5. The molecule has 0 aromatic heterocycles. The van der Waals surface area contributed by atoms with Crippen molar-refractivity contribution in [1.82, 2.24) is 20.4 Å².